The number of rotatable bonds is 5. The normalized spacial score (nSPS) is 18.2. The molecule has 1 saturated heterocycles. The molecule has 1 aliphatic heterocycles. The van der Waals surface area contributed by atoms with Crippen LogP contribution in [0.25, 0.3) is 11.8 Å². The van der Waals surface area contributed by atoms with Crippen molar-refractivity contribution in [3.05, 3.63) is 47.2 Å². The lowest BCUT2D eigenvalue weighted by Crippen LogP contribution is -2.45. The molecule has 2 aromatic rings. The Morgan fingerprint density at radius 1 is 1.27 bits per heavy atom. The lowest BCUT2D eigenvalue weighted by atomic mass is 9.97. The highest BCUT2D eigenvalue weighted by molar-refractivity contribution is 5.85. The van der Waals surface area contributed by atoms with E-state index in [-0.39, 0.29) is 5.75 Å². The van der Waals surface area contributed by atoms with Gasteiger partial charge in [-0.05, 0) is 36.7 Å². The molecule has 1 aromatic heterocycles. The van der Waals surface area contributed by atoms with Crippen LogP contribution in [0.5, 0.6) is 5.75 Å². The van der Waals surface area contributed by atoms with Crippen LogP contribution in [0.4, 0.5) is 5.82 Å². The molecule has 0 radical (unpaired) electrons. The zero-order chi connectivity index (χ0) is 18.7. The van der Waals surface area contributed by atoms with Crippen molar-refractivity contribution in [1.82, 2.24) is 14.8 Å². The predicted octanol–water partition coefficient (Wildman–Crippen LogP) is 2.11. The maximum atomic E-state index is 10.0. The summed E-state index contributed by atoms with van der Waals surface area (Å²) in [6.07, 6.45) is 3.83. The molecule has 0 spiro atoms. The van der Waals surface area contributed by atoms with Crippen molar-refractivity contribution < 1.29 is 5.11 Å². The van der Waals surface area contributed by atoms with Crippen LogP contribution in [-0.4, -0.2) is 59.7 Å². The summed E-state index contributed by atoms with van der Waals surface area (Å²) in [6.45, 7) is 7.60. The molecule has 26 heavy (non-hydrogen) atoms. The molecule has 0 bridgehead atoms. The van der Waals surface area contributed by atoms with E-state index < -0.39 is 0 Å². The number of aromatic hydroxyl groups is 1. The van der Waals surface area contributed by atoms with Gasteiger partial charge in [-0.15, -0.1) is 0 Å². The van der Waals surface area contributed by atoms with Crippen molar-refractivity contribution in [3.8, 4) is 5.75 Å². The monoisotopic (exact) mass is 355 g/mol. The molecule has 3 rings (SSSR count). The number of anilines is 1. The zero-order valence-corrected chi connectivity index (χ0v) is 15.6. The van der Waals surface area contributed by atoms with Gasteiger partial charge in [-0.3, -0.25) is 0 Å². The smallest absolute Gasteiger partial charge is 0.124 e. The fraction of sp³-hybridized carbons (Fsp3) is 0.400. The summed E-state index contributed by atoms with van der Waals surface area (Å²) in [6, 6.07) is 7.07. The summed E-state index contributed by atoms with van der Waals surface area (Å²) < 4.78 is 0. The molecular weight excluding hydrogens is 326 g/mol. The van der Waals surface area contributed by atoms with E-state index in [0.717, 1.165) is 43.9 Å². The average molecular weight is 355 g/mol. The second-order valence-electron chi connectivity index (χ2n) is 7.19. The average Bonchev–Trinajstić information content (AvgIpc) is 2.98. The van der Waals surface area contributed by atoms with E-state index in [4.69, 9.17) is 11.5 Å². The molecule has 6 nitrogen and oxygen atoms in total. The van der Waals surface area contributed by atoms with Gasteiger partial charge in [0.1, 0.15) is 11.6 Å². The summed E-state index contributed by atoms with van der Waals surface area (Å²) in [7, 11) is 2.16. The molecule has 6 N–H and O–H groups in total. The first-order chi connectivity index (χ1) is 12.5. The molecule has 1 aliphatic rings. The van der Waals surface area contributed by atoms with Crippen molar-refractivity contribution in [2.45, 2.75) is 12.8 Å². The molecular formula is C20H29N5O. The number of aromatic nitrogens is 1. The number of nitrogen functional groups attached to an aromatic ring is 1. The molecule has 6 heteroatoms. The minimum Gasteiger partial charge on any atom is -0.507 e. The van der Waals surface area contributed by atoms with Crippen LogP contribution in [0, 0.1) is 0 Å². The topological polar surface area (TPSA) is 94.5 Å². The van der Waals surface area contributed by atoms with Crippen molar-refractivity contribution in [2.75, 3.05) is 45.5 Å². The highest BCUT2D eigenvalue weighted by Crippen LogP contribution is 2.30. The minimum atomic E-state index is 0.169. The maximum Gasteiger partial charge on any atom is 0.124 e. The van der Waals surface area contributed by atoms with Crippen LogP contribution in [-0.2, 0) is 0 Å². The molecule has 140 valence electrons. The van der Waals surface area contributed by atoms with E-state index in [1.165, 1.54) is 0 Å². The first-order valence-electron chi connectivity index (χ1n) is 9.09. The Kier molecular flexibility index (Phi) is 5.54. The van der Waals surface area contributed by atoms with Crippen molar-refractivity contribution in [3.63, 3.8) is 0 Å². The summed E-state index contributed by atoms with van der Waals surface area (Å²) >= 11 is 0. The van der Waals surface area contributed by atoms with Crippen LogP contribution >= 0.6 is 0 Å². The number of nitrogens with one attached hydrogen (secondary N) is 1. The van der Waals surface area contributed by atoms with Crippen LogP contribution in [0.15, 0.2) is 30.5 Å². The Balaban J connectivity index is 1.80. The molecule has 0 amide bonds. The number of likely N-dealkylation sites (N-methyl/N-ethyl adjacent to an activating group) is 1. The third-order valence-electron chi connectivity index (χ3n) is 5.16. The second kappa shape index (κ2) is 7.85. The number of hydrogen-bond acceptors (Lipinski definition) is 5. The Morgan fingerprint density at radius 2 is 1.96 bits per heavy atom. The molecule has 0 aliphatic carbocycles. The van der Waals surface area contributed by atoms with E-state index in [9.17, 15) is 5.11 Å². The number of piperazine rings is 1. The fourth-order valence-corrected chi connectivity index (χ4v) is 3.50. The minimum absolute atomic E-state index is 0.169. The van der Waals surface area contributed by atoms with Gasteiger partial charge in [-0.2, -0.15) is 0 Å². The van der Waals surface area contributed by atoms with Gasteiger partial charge in [-0.1, -0.05) is 19.1 Å². The second-order valence-corrected chi connectivity index (χ2v) is 7.19. The van der Waals surface area contributed by atoms with Crippen LogP contribution in [0.1, 0.15) is 29.5 Å². The zero-order valence-electron chi connectivity index (χ0n) is 15.6. The highest BCUT2D eigenvalue weighted by atomic mass is 16.3. The first-order valence-corrected chi connectivity index (χ1v) is 9.09. The number of para-hydroxylation sites is 1. The number of hydrogen-bond donors (Lipinski definition) is 4. The standard InChI is InChI=1S/C20H29N5O/c1-14(13-25-9-7-24(2)8-10-25)17-12-23-20(22)16(17)11-18(21)15-5-3-4-6-19(15)26/h3-6,11-12,14,23,26H,7-10,13,21-22H2,1-2H3/b18-11-. The number of aromatic amines is 1. The summed E-state index contributed by atoms with van der Waals surface area (Å²) in [5.74, 6) is 1.10. The Morgan fingerprint density at radius 3 is 2.65 bits per heavy atom. The molecule has 1 aromatic carbocycles. The number of phenols is 1. The summed E-state index contributed by atoms with van der Waals surface area (Å²) in [5.41, 5.74) is 15.6. The SMILES string of the molecule is CC(CN1CCN(C)CC1)c1c[nH]c(N)c1/C=C(\N)c1ccccc1O. The molecule has 0 saturated carbocycles. The summed E-state index contributed by atoms with van der Waals surface area (Å²) in [5, 5.41) is 10.0. The number of nitrogens with zero attached hydrogens (tertiary/aromatic N) is 2. The van der Waals surface area contributed by atoms with Gasteiger partial charge in [0, 0.05) is 55.7 Å². The third kappa shape index (κ3) is 4.03. The quantitative estimate of drug-likeness (QED) is 0.659. The number of benzene rings is 1. The molecule has 1 atom stereocenters. The lowest BCUT2D eigenvalue weighted by Gasteiger charge is -2.34. The van der Waals surface area contributed by atoms with Crippen molar-refractivity contribution in [1.29, 1.82) is 0 Å². The highest BCUT2D eigenvalue weighted by Gasteiger charge is 2.20. The van der Waals surface area contributed by atoms with Gasteiger partial charge in [0.15, 0.2) is 0 Å². The first kappa shape index (κ1) is 18.4. The van der Waals surface area contributed by atoms with Gasteiger partial charge in [0.05, 0.1) is 0 Å². The van der Waals surface area contributed by atoms with Crippen molar-refractivity contribution in [2.24, 2.45) is 5.73 Å². The van der Waals surface area contributed by atoms with Gasteiger partial charge >= 0.3 is 0 Å². The Bertz CT molecular complexity index is 774. The molecule has 2 heterocycles. The van der Waals surface area contributed by atoms with Gasteiger partial charge in [0.25, 0.3) is 0 Å². The number of phenolic OH excluding ortho intramolecular Hbond substituents is 1. The Hall–Kier alpha value is -2.44. The maximum absolute atomic E-state index is 10.0. The Labute approximate surface area is 155 Å². The molecule has 1 fully saturated rings. The van der Waals surface area contributed by atoms with Gasteiger partial charge < -0.3 is 31.4 Å². The van der Waals surface area contributed by atoms with E-state index in [2.05, 4.69) is 28.8 Å². The van der Waals surface area contributed by atoms with Gasteiger partial charge in [-0.25, -0.2) is 0 Å². The largest absolute Gasteiger partial charge is 0.507 e. The van der Waals surface area contributed by atoms with E-state index >= 15 is 0 Å². The number of nitrogens with two attached hydrogens (primary N) is 2. The van der Waals surface area contributed by atoms with E-state index in [1.54, 1.807) is 18.2 Å². The molecule has 1 unspecified atom stereocenters. The third-order valence-corrected chi connectivity index (χ3v) is 5.16. The van der Waals surface area contributed by atoms with Crippen LogP contribution < -0.4 is 11.5 Å². The van der Waals surface area contributed by atoms with Crippen LogP contribution in [0.3, 0.4) is 0 Å². The van der Waals surface area contributed by atoms with Crippen molar-refractivity contribution >= 4 is 17.6 Å². The lowest BCUT2D eigenvalue weighted by molar-refractivity contribution is 0.149. The summed E-state index contributed by atoms with van der Waals surface area (Å²) in [4.78, 5) is 7.97. The number of H-pyrrole nitrogens is 1. The predicted molar refractivity (Wildman–Crippen MR) is 108 cm³/mol. The fourth-order valence-electron chi connectivity index (χ4n) is 3.50. The van der Waals surface area contributed by atoms with E-state index in [1.807, 2.05) is 18.3 Å². The van der Waals surface area contributed by atoms with Crippen LogP contribution in [0.2, 0.25) is 0 Å². The van der Waals surface area contributed by atoms with E-state index in [0.29, 0.717) is 23.0 Å². The van der Waals surface area contributed by atoms with Gasteiger partial charge in [0.2, 0.25) is 0 Å².